The largest absolute Gasteiger partial charge is 0.497 e. The second-order valence-electron chi connectivity index (χ2n) is 6.07. The molecule has 0 aliphatic heterocycles. The summed E-state index contributed by atoms with van der Waals surface area (Å²) in [7, 11) is 3.80. The SMILES string of the molecule is COc1ccc(CN(C)CCCc2nc(-c3ccccc3)no2)cc1. The molecule has 0 saturated carbocycles. The van der Waals surface area contributed by atoms with Gasteiger partial charge >= 0.3 is 0 Å². The van der Waals surface area contributed by atoms with Crippen LogP contribution in [-0.2, 0) is 13.0 Å². The predicted molar refractivity (Wildman–Crippen MR) is 97.4 cm³/mol. The van der Waals surface area contributed by atoms with Crippen molar-refractivity contribution in [1.29, 1.82) is 0 Å². The van der Waals surface area contributed by atoms with E-state index >= 15 is 0 Å². The van der Waals surface area contributed by atoms with E-state index in [9.17, 15) is 0 Å². The van der Waals surface area contributed by atoms with Gasteiger partial charge in [0.15, 0.2) is 0 Å². The first-order valence-electron chi connectivity index (χ1n) is 8.44. The fraction of sp³-hybridized carbons (Fsp3) is 0.300. The molecule has 0 aliphatic carbocycles. The second-order valence-corrected chi connectivity index (χ2v) is 6.07. The maximum absolute atomic E-state index is 5.35. The van der Waals surface area contributed by atoms with Gasteiger partial charge in [-0.1, -0.05) is 47.6 Å². The molecule has 0 N–H and O–H groups in total. The Morgan fingerprint density at radius 2 is 1.80 bits per heavy atom. The van der Waals surface area contributed by atoms with Crippen LogP contribution in [0.15, 0.2) is 59.1 Å². The van der Waals surface area contributed by atoms with E-state index in [1.807, 2.05) is 42.5 Å². The summed E-state index contributed by atoms with van der Waals surface area (Å²) in [4.78, 5) is 6.76. The van der Waals surface area contributed by atoms with Gasteiger partial charge in [0, 0.05) is 18.5 Å². The number of hydrogen-bond acceptors (Lipinski definition) is 5. The molecule has 0 saturated heterocycles. The lowest BCUT2D eigenvalue weighted by molar-refractivity contribution is 0.310. The zero-order valence-corrected chi connectivity index (χ0v) is 14.7. The zero-order valence-electron chi connectivity index (χ0n) is 14.7. The fourth-order valence-corrected chi connectivity index (χ4v) is 2.68. The van der Waals surface area contributed by atoms with Crippen molar-refractivity contribution in [2.24, 2.45) is 0 Å². The molecule has 0 amide bonds. The lowest BCUT2D eigenvalue weighted by Gasteiger charge is -2.16. The van der Waals surface area contributed by atoms with Crippen molar-refractivity contribution in [2.75, 3.05) is 20.7 Å². The Labute approximate surface area is 148 Å². The van der Waals surface area contributed by atoms with E-state index in [0.717, 1.165) is 37.2 Å². The van der Waals surface area contributed by atoms with Crippen molar-refractivity contribution in [3.05, 3.63) is 66.1 Å². The van der Waals surface area contributed by atoms with Crippen LogP contribution >= 0.6 is 0 Å². The van der Waals surface area contributed by atoms with Gasteiger partial charge < -0.3 is 14.2 Å². The van der Waals surface area contributed by atoms with Gasteiger partial charge in [-0.05, 0) is 37.7 Å². The van der Waals surface area contributed by atoms with Crippen LogP contribution in [0.4, 0.5) is 0 Å². The number of methoxy groups -OCH3 is 1. The first-order chi connectivity index (χ1) is 12.2. The highest BCUT2D eigenvalue weighted by molar-refractivity contribution is 5.53. The highest BCUT2D eigenvalue weighted by Crippen LogP contribution is 2.16. The minimum Gasteiger partial charge on any atom is -0.497 e. The summed E-state index contributed by atoms with van der Waals surface area (Å²) in [6, 6.07) is 18.1. The Hall–Kier alpha value is -2.66. The number of aromatic nitrogens is 2. The average Bonchev–Trinajstić information content (AvgIpc) is 3.12. The Kier molecular flexibility index (Phi) is 5.80. The molecule has 0 atom stereocenters. The number of benzene rings is 2. The summed E-state index contributed by atoms with van der Waals surface area (Å²) < 4.78 is 10.5. The molecule has 0 bridgehead atoms. The number of ether oxygens (including phenoxy) is 1. The smallest absolute Gasteiger partial charge is 0.227 e. The topological polar surface area (TPSA) is 51.4 Å². The third-order valence-corrected chi connectivity index (χ3v) is 4.04. The molecule has 5 heteroatoms. The molecule has 25 heavy (non-hydrogen) atoms. The van der Waals surface area contributed by atoms with Gasteiger partial charge in [-0.2, -0.15) is 4.98 Å². The molecule has 1 aromatic heterocycles. The summed E-state index contributed by atoms with van der Waals surface area (Å²) >= 11 is 0. The van der Waals surface area contributed by atoms with E-state index in [4.69, 9.17) is 9.26 Å². The lowest BCUT2D eigenvalue weighted by Crippen LogP contribution is -2.19. The maximum atomic E-state index is 5.35. The molecule has 0 aliphatic rings. The molecule has 3 rings (SSSR count). The molecule has 1 heterocycles. The van der Waals surface area contributed by atoms with Crippen LogP contribution in [0.3, 0.4) is 0 Å². The fourth-order valence-electron chi connectivity index (χ4n) is 2.68. The highest BCUT2D eigenvalue weighted by Gasteiger charge is 2.08. The van der Waals surface area contributed by atoms with Crippen molar-refractivity contribution >= 4 is 0 Å². The van der Waals surface area contributed by atoms with Crippen LogP contribution in [0.5, 0.6) is 5.75 Å². The van der Waals surface area contributed by atoms with Crippen molar-refractivity contribution in [2.45, 2.75) is 19.4 Å². The second kappa shape index (κ2) is 8.44. The van der Waals surface area contributed by atoms with Crippen LogP contribution in [0.25, 0.3) is 11.4 Å². The Morgan fingerprint density at radius 1 is 1.04 bits per heavy atom. The van der Waals surface area contributed by atoms with E-state index in [1.54, 1.807) is 7.11 Å². The lowest BCUT2D eigenvalue weighted by atomic mass is 10.2. The zero-order chi connectivity index (χ0) is 17.5. The molecule has 0 spiro atoms. The summed E-state index contributed by atoms with van der Waals surface area (Å²) in [5.41, 5.74) is 2.25. The van der Waals surface area contributed by atoms with Gasteiger partial charge in [-0.25, -0.2) is 0 Å². The number of rotatable bonds is 8. The van der Waals surface area contributed by atoms with Crippen LogP contribution in [0, 0.1) is 0 Å². The molecule has 2 aromatic carbocycles. The Bertz CT molecular complexity index is 769. The number of nitrogens with zero attached hydrogens (tertiary/aromatic N) is 3. The van der Waals surface area contributed by atoms with E-state index < -0.39 is 0 Å². The van der Waals surface area contributed by atoms with Crippen molar-refractivity contribution < 1.29 is 9.26 Å². The molecule has 5 nitrogen and oxygen atoms in total. The molecular formula is C20H23N3O2. The minimum atomic E-state index is 0.655. The number of aryl methyl sites for hydroxylation is 1. The summed E-state index contributed by atoms with van der Waals surface area (Å²) in [5.74, 6) is 2.23. The van der Waals surface area contributed by atoms with Crippen LogP contribution in [0.1, 0.15) is 17.9 Å². The molecular weight excluding hydrogens is 314 g/mol. The first kappa shape index (κ1) is 17.2. The van der Waals surface area contributed by atoms with Gasteiger partial charge in [0.1, 0.15) is 5.75 Å². The first-order valence-corrected chi connectivity index (χ1v) is 8.44. The van der Waals surface area contributed by atoms with Gasteiger partial charge in [0.2, 0.25) is 11.7 Å². The van der Waals surface area contributed by atoms with Crippen LogP contribution < -0.4 is 4.74 Å². The summed E-state index contributed by atoms with van der Waals surface area (Å²) in [6.07, 6.45) is 1.76. The van der Waals surface area contributed by atoms with E-state index in [2.05, 4.69) is 34.2 Å². The summed E-state index contributed by atoms with van der Waals surface area (Å²) in [6.45, 7) is 1.87. The highest BCUT2D eigenvalue weighted by atomic mass is 16.5. The van der Waals surface area contributed by atoms with Gasteiger partial charge in [-0.15, -0.1) is 0 Å². The van der Waals surface area contributed by atoms with E-state index in [0.29, 0.717) is 11.7 Å². The maximum Gasteiger partial charge on any atom is 0.227 e. The summed E-state index contributed by atoms with van der Waals surface area (Å²) in [5, 5.41) is 4.06. The van der Waals surface area contributed by atoms with Gasteiger partial charge in [0.25, 0.3) is 0 Å². The molecule has 0 radical (unpaired) electrons. The quantitative estimate of drug-likeness (QED) is 0.625. The van der Waals surface area contributed by atoms with Gasteiger partial charge in [-0.3, -0.25) is 0 Å². The van der Waals surface area contributed by atoms with Crippen molar-refractivity contribution in [3.63, 3.8) is 0 Å². The average molecular weight is 337 g/mol. The molecule has 0 fully saturated rings. The van der Waals surface area contributed by atoms with Crippen LogP contribution in [0.2, 0.25) is 0 Å². The Morgan fingerprint density at radius 3 is 2.52 bits per heavy atom. The van der Waals surface area contributed by atoms with Crippen molar-refractivity contribution in [3.8, 4) is 17.1 Å². The normalized spacial score (nSPS) is 11.0. The third kappa shape index (κ3) is 4.90. The van der Waals surface area contributed by atoms with Gasteiger partial charge in [0.05, 0.1) is 7.11 Å². The van der Waals surface area contributed by atoms with E-state index in [-0.39, 0.29) is 0 Å². The number of hydrogen-bond donors (Lipinski definition) is 0. The van der Waals surface area contributed by atoms with Crippen LogP contribution in [-0.4, -0.2) is 35.7 Å². The standard InChI is InChI=1S/C20H23N3O2/c1-23(15-16-10-12-18(24-2)13-11-16)14-6-9-19-21-20(22-25-19)17-7-4-3-5-8-17/h3-5,7-8,10-13H,6,9,14-15H2,1-2H3. The van der Waals surface area contributed by atoms with E-state index in [1.165, 1.54) is 5.56 Å². The molecule has 0 unspecified atom stereocenters. The predicted octanol–water partition coefficient (Wildman–Crippen LogP) is 3.81. The molecule has 130 valence electrons. The van der Waals surface area contributed by atoms with Crippen molar-refractivity contribution in [1.82, 2.24) is 15.0 Å². The third-order valence-electron chi connectivity index (χ3n) is 4.04. The molecule has 3 aromatic rings. The Balaban J connectivity index is 1.45. The monoisotopic (exact) mass is 337 g/mol. The minimum absolute atomic E-state index is 0.655.